The lowest BCUT2D eigenvalue weighted by atomic mass is 10.0. The maximum atomic E-state index is 10.8. The molecule has 0 radical (unpaired) electrons. The van der Waals surface area contributed by atoms with E-state index in [0.717, 1.165) is 38.5 Å². The van der Waals surface area contributed by atoms with E-state index in [1.54, 1.807) is 19.1 Å². The second kappa shape index (κ2) is 29.2. The Morgan fingerprint density at radius 2 is 1.29 bits per heavy atom. The van der Waals surface area contributed by atoms with Gasteiger partial charge in [-0.25, -0.2) is 0 Å². The van der Waals surface area contributed by atoms with Crippen LogP contribution < -0.4 is 0 Å². The summed E-state index contributed by atoms with van der Waals surface area (Å²) in [6.07, 6.45) is 40.9. The molecule has 0 fully saturated rings. The summed E-state index contributed by atoms with van der Waals surface area (Å²) < 4.78 is 0. The van der Waals surface area contributed by atoms with E-state index < -0.39 is 12.1 Å². The van der Waals surface area contributed by atoms with Gasteiger partial charge in [-0.1, -0.05) is 139 Å². The van der Waals surface area contributed by atoms with Crippen LogP contribution in [-0.2, 0) is 4.79 Å². The third-order valence-corrected chi connectivity index (χ3v) is 6.48. The molecule has 2 atom stereocenters. The molecule has 0 rings (SSSR count). The predicted molar refractivity (Wildman–Crippen MR) is 165 cm³/mol. The molecule has 3 nitrogen and oxygen atoms in total. The van der Waals surface area contributed by atoms with Crippen LogP contribution in [0.15, 0.2) is 60.8 Å². The van der Waals surface area contributed by atoms with Gasteiger partial charge in [0.1, 0.15) is 0 Å². The average molecular weight is 525 g/mol. The molecule has 3 heteroatoms. The first-order valence-corrected chi connectivity index (χ1v) is 15.2. The molecular formula is C35H56O3. The SMILES string of the molecule is CC/C=C\CC(O)/C=C/C#CC/C=C\C/C=C\C/C=C\CCCCCCCCCCCCC[C@H](C)C(=O)O. The normalized spacial score (nSPS) is 13.8. The van der Waals surface area contributed by atoms with E-state index in [-0.39, 0.29) is 5.92 Å². The molecule has 0 spiro atoms. The molecule has 0 amide bonds. The second-order valence-electron chi connectivity index (χ2n) is 10.2. The highest BCUT2D eigenvalue weighted by Crippen LogP contribution is 2.14. The Labute approximate surface area is 234 Å². The number of aliphatic hydroxyl groups excluding tert-OH is 1. The van der Waals surface area contributed by atoms with E-state index in [2.05, 4.69) is 61.3 Å². The quantitative estimate of drug-likeness (QED) is 0.0750. The van der Waals surface area contributed by atoms with Crippen molar-refractivity contribution in [2.75, 3.05) is 0 Å². The minimum atomic E-state index is -0.661. The van der Waals surface area contributed by atoms with E-state index in [9.17, 15) is 9.90 Å². The van der Waals surface area contributed by atoms with Gasteiger partial charge in [-0.15, -0.1) is 0 Å². The number of unbranched alkanes of at least 4 members (excludes halogenated alkanes) is 11. The largest absolute Gasteiger partial charge is 0.481 e. The van der Waals surface area contributed by atoms with Crippen molar-refractivity contribution in [3.63, 3.8) is 0 Å². The highest BCUT2D eigenvalue weighted by atomic mass is 16.4. The lowest BCUT2D eigenvalue weighted by Crippen LogP contribution is -2.08. The van der Waals surface area contributed by atoms with Crippen LogP contribution in [-0.4, -0.2) is 22.3 Å². The number of aliphatic carboxylic acids is 1. The van der Waals surface area contributed by atoms with E-state index in [0.29, 0.717) is 6.42 Å². The van der Waals surface area contributed by atoms with Gasteiger partial charge in [0.05, 0.1) is 12.0 Å². The van der Waals surface area contributed by atoms with Crippen LogP contribution in [0.5, 0.6) is 0 Å². The zero-order valence-electron chi connectivity index (χ0n) is 24.5. The number of carboxylic acids is 1. The fraction of sp³-hybridized carbons (Fsp3) is 0.629. The predicted octanol–water partition coefficient (Wildman–Crippen LogP) is 9.89. The highest BCUT2D eigenvalue weighted by molar-refractivity contribution is 5.69. The molecule has 0 bridgehead atoms. The number of hydrogen-bond donors (Lipinski definition) is 2. The fourth-order valence-corrected chi connectivity index (χ4v) is 3.99. The topological polar surface area (TPSA) is 57.5 Å². The van der Waals surface area contributed by atoms with E-state index in [4.69, 9.17) is 5.11 Å². The molecule has 0 saturated heterocycles. The number of aliphatic hydroxyl groups is 1. The molecular weight excluding hydrogens is 468 g/mol. The molecule has 1 unspecified atom stereocenters. The Hall–Kier alpha value is -2.31. The molecule has 0 saturated carbocycles. The first kappa shape index (κ1) is 35.7. The van der Waals surface area contributed by atoms with Gasteiger partial charge in [0.15, 0.2) is 0 Å². The first-order valence-electron chi connectivity index (χ1n) is 15.2. The molecule has 0 aromatic carbocycles. The molecule has 0 aromatic heterocycles. The zero-order valence-corrected chi connectivity index (χ0v) is 24.5. The van der Waals surface area contributed by atoms with Crippen molar-refractivity contribution >= 4 is 5.97 Å². The number of hydrogen-bond acceptors (Lipinski definition) is 2. The molecule has 0 aliphatic rings. The Morgan fingerprint density at radius 3 is 1.89 bits per heavy atom. The van der Waals surface area contributed by atoms with Gasteiger partial charge in [0, 0.05) is 6.42 Å². The summed E-state index contributed by atoms with van der Waals surface area (Å²) in [5.41, 5.74) is 0. The molecule has 0 aromatic rings. The third kappa shape index (κ3) is 28.3. The van der Waals surface area contributed by atoms with Crippen molar-refractivity contribution in [2.24, 2.45) is 5.92 Å². The third-order valence-electron chi connectivity index (χ3n) is 6.48. The van der Waals surface area contributed by atoms with Crippen LogP contribution >= 0.6 is 0 Å². The van der Waals surface area contributed by atoms with Gasteiger partial charge in [0.2, 0.25) is 0 Å². The number of carboxylic acid groups (broad SMARTS) is 1. The van der Waals surface area contributed by atoms with Crippen LogP contribution in [0.2, 0.25) is 0 Å². The highest BCUT2D eigenvalue weighted by Gasteiger charge is 2.09. The van der Waals surface area contributed by atoms with Crippen LogP contribution in [0.25, 0.3) is 0 Å². The molecule has 0 aliphatic heterocycles. The van der Waals surface area contributed by atoms with Gasteiger partial charge >= 0.3 is 5.97 Å². The number of carbonyl (C=O) groups is 1. The van der Waals surface area contributed by atoms with Crippen molar-refractivity contribution < 1.29 is 15.0 Å². The Morgan fingerprint density at radius 1 is 0.737 bits per heavy atom. The van der Waals surface area contributed by atoms with Crippen molar-refractivity contribution in [1.82, 2.24) is 0 Å². The Balaban J connectivity index is 3.45. The van der Waals surface area contributed by atoms with Crippen molar-refractivity contribution in [3.05, 3.63) is 60.8 Å². The maximum absolute atomic E-state index is 10.8. The van der Waals surface area contributed by atoms with Gasteiger partial charge in [-0.2, -0.15) is 0 Å². The van der Waals surface area contributed by atoms with E-state index in [1.165, 1.54) is 70.6 Å². The first-order chi connectivity index (χ1) is 18.6. The van der Waals surface area contributed by atoms with E-state index in [1.807, 2.05) is 6.08 Å². The standard InChI is InChI=1S/C35H56O3/c1-3-4-27-31-34(36)32-29-26-24-22-20-18-16-14-12-10-8-6-5-7-9-11-13-15-17-19-21-23-25-28-30-33(2)35(37)38/h4,6,8,12,14,18,20,27,29,32-34,36H,3,5,7,9-11,13,15-17,19,21-23,25,28,30-31H2,1-2H3,(H,37,38)/b8-6-,14-12-,20-18-,27-4-,32-29+/t33-,34?/m0/s1. The minimum Gasteiger partial charge on any atom is -0.481 e. The molecule has 0 aliphatic carbocycles. The van der Waals surface area contributed by atoms with Crippen LogP contribution in [0.3, 0.4) is 0 Å². The minimum absolute atomic E-state index is 0.188. The molecule has 38 heavy (non-hydrogen) atoms. The summed E-state index contributed by atoms with van der Waals surface area (Å²) in [5, 5.41) is 18.6. The number of rotatable bonds is 24. The summed E-state index contributed by atoms with van der Waals surface area (Å²) in [4.78, 5) is 10.8. The Kier molecular flexibility index (Phi) is 27.5. The zero-order chi connectivity index (χ0) is 27.9. The van der Waals surface area contributed by atoms with Gasteiger partial charge in [-0.3, -0.25) is 4.79 Å². The lowest BCUT2D eigenvalue weighted by Gasteiger charge is -2.05. The van der Waals surface area contributed by atoms with Gasteiger partial charge < -0.3 is 10.2 Å². The summed E-state index contributed by atoms with van der Waals surface area (Å²) in [6.45, 7) is 3.89. The average Bonchev–Trinajstić information content (AvgIpc) is 2.90. The van der Waals surface area contributed by atoms with Crippen molar-refractivity contribution in [2.45, 2.75) is 136 Å². The summed E-state index contributed by atoms with van der Waals surface area (Å²) in [7, 11) is 0. The monoisotopic (exact) mass is 524 g/mol. The molecule has 2 N–H and O–H groups in total. The number of allylic oxidation sites excluding steroid dienone is 8. The second-order valence-corrected chi connectivity index (χ2v) is 10.2. The summed E-state index contributed by atoms with van der Waals surface area (Å²) in [5.74, 6) is 5.19. The lowest BCUT2D eigenvalue weighted by molar-refractivity contribution is -0.141. The van der Waals surface area contributed by atoms with Gasteiger partial charge in [-0.05, 0) is 57.1 Å². The van der Waals surface area contributed by atoms with Crippen molar-refractivity contribution in [3.8, 4) is 11.8 Å². The molecule has 0 heterocycles. The van der Waals surface area contributed by atoms with Gasteiger partial charge in [0.25, 0.3) is 0 Å². The van der Waals surface area contributed by atoms with Crippen LogP contribution in [0, 0.1) is 17.8 Å². The fourth-order valence-electron chi connectivity index (χ4n) is 3.99. The van der Waals surface area contributed by atoms with Crippen LogP contribution in [0.1, 0.15) is 129 Å². The van der Waals surface area contributed by atoms with Crippen molar-refractivity contribution in [1.29, 1.82) is 0 Å². The van der Waals surface area contributed by atoms with E-state index >= 15 is 0 Å². The molecule has 214 valence electrons. The Bertz CT molecular complexity index is 745. The van der Waals surface area contributed by atoms with Crippen LogP contribution in [0.4, 0.5) is 0 Å². The maximum Gasteiger partial charge on any atom is 0.306 e. The summed E-state index contributed by atoms with van der Waals surface area (Å²) >= 11 is 0. The summed E-state index contributed by atoms with van der Waals surface area (Å²) in [6, 6.07) is 0. The smallest absolute Gasteiger partial charge is 0.306 e.